The van der Waals surface area contributed by atoms with Crippen molar-refractivity contribution in [2.75, 3.05) is 23.7 Å². The summed E-state index contributed by atoms with van der Waals surface area (Å²) in [4.78, 5) is 10.1. The van der Waals surface area contributed by atoms with E-state index in [1.807, 2.05) is 14.1 Å². The Labute approximate surface area is 122 Å². The molecule has 0 bridgehead atoms. The van der Waals surface area contributed by atoms with Gasteiger partial charge < -0.3 is 4.90 Å². The van der Waals surface area contributed by atoms with E-state index in [1.165, 1.54) is 0 Å². The molecule has 0 saturated carbocycles. The molecule has 2 aromatic rings. The number of pyridine rings is 1. The fraction of sp³-hybridized carbons (Fsp3) is 0.333. The van der Waals surface area contributed by atoms with Gasteiger partial charge in [-0.05, 0) is 26.0 Å². The minimum absolute atomic E-state index is 0.239. The minimum atomic E-state index is -3.64. The van der Waals surface area contributed by atoms with Crippen LogP contribution in [0.1, 0.15) is 10.7 Å². The molecule has 0 atom stereocenters. The quantitative estimate of drug-likeness (QED) is 0.935. The first-order valence-corrected chi connectivity index (χ1v) is 8.20. The second-order valence-electron chi connectivity index (χ2n) is 4.48. The van der Waals surface area contributed by atoms with Crippen LogP contribution in [0.25, 0.3) is 0 Å². The van der Waals surface area contributed by atoms with Crippen molar-refractivity contribution in [1.29, 1.82) is 0 Å². The highest BCUT2D eigenvalue weighted by Gasteiger charge is 2.22. The van der Waals surface area contributed by atoms with Gasteiger partial charge in [0.05, 0.1) is 16.4 Å². The van der Waals surface area contributed by atoms with E-state index in [4.69, 9.17) is 0 Å². The number of nitrogens with zero attached hydrogens (tertiary/aromatic N) is 3. The van der Waals surface area contributed by atoms with Crippen molar-refractivity contribution in [3.05, 3.63) is 29.0 Å². The maximum atomic E-state index is 12.4. The van der Waals surface area contributed by atoms with Crippen molar-refractivity contribution >= 4 is 32.9 Å². The molecule has 0 spiro atoms. The van der Waals surface area contributed by atoms with Crippen LogP contribution in [0.3, 0.4) is 0 Å². The molecule has 0 unspecified atom stereocenters. The summed E-state index contributed by atoms with van der Waals surface area (Å²) < 4.78 is 27.7. The van der Waals surface area contributed by atoms with E-state index >= 15 is 0 Å². The van der Waals surface area contributed by atoms with Gasteiger partial charge >= 0.3 is 0 Å². The average Bonchev–Trinajstić information content (AvgIpc) is 2.69. The first-order valence-electron chi connectivity index (χ1n) is 5.90. The first-order chi connectivity index (χ1) is 9.31. The van der Waals surface area contributed by atoms with Crippen molar-refractivity contribution in [1.82, 2.24) is 9.97 Å². The number of sulfonamides is 1. The van der Waals surface area contributed by atoms with Gasteiger partial charge in [-0.1, -0.05) is 0 Å². The standard InChI is InChI=1S/C12H16N4O2S2/c1-8-12(19-9(2)14-8)20(17,18)15-10-6-5-7-13-11(10)16(3)4/h5-7,15H,1-4H3. The van der Waals surface area contributed by atoms with E-state index in [0.717, 1.165) is 16.3 Å². The highest BCUT2D eigenvalue weighted by Crippen LogP contribution is 2.28. The van der Waals surface area contributed by atoms with Gasteiger partial charge in [0.2, 0.25) is 0 Å². The molecular formula is C12H16N4O2S2. The largest absolute Gasteiger partial charge is 0.361 e. The van der Waals surface area contributed by atoms with Crippen LogP contribution in [0.15, 0.2) is 22.5 Å². The molecule has 2 aromatic heterocycles. The van der Waals surface area contributed by atoms with Crippen molar-refractivity contribution in [2.24, 2.45) is 0 Å². The molecule has 0 radical (unpaired) electrons. The summed E-state index contributed by atoms with van der Waals surface area (Å²) in [6, 6.07) is 3.37. The SMILES string of the molecule is Cc1nc(C)c(S(=O)(=O)Nc2cccnc2N(C)C)s1. The van der Waals surface area contributed by atoms with Gasteiger partial charge in [0.25, 0.3) is 10.0 Å². The maximum absolute atomic E-state index is 12.4. The number of anilines is 2. The molecular weight excluding hydrogens is 296 g/mol. The van der Waals surface area contributed by atoms with Gasteiger partial charge in [-0.25, -0.2) is 18.4 Å². The number of hydrogen-bond donors (Lipinski definition) is 1. The molecule has 108 valence electrons. The smallest absolute Gasteiger partial charge is 0.273 e. The van der Waals surface area contributed by atoms with E-state index in [2.05, 4.69) is 14.7 Å². The van der Waals surface area contributed by atoms with Gasteiger partial charge in [0.1, 0.15) is 0 Å². The van der Waals surface area contributed by atoms with Crippen LogP contribution >= 0.6 is 11.3 Å². The molecule has 0 amide bonds. The van der Waals surface area contributed by atoms with Crippen molar-refractivity contribution in [3.63, 3.8) is 0 Å². The third-order valence-electron chi connectivity index (χ3n) is 2.56. The second kappa shape index (κ2) is 5.37. The Hall–Kier alpha value is -1.67. The Morgan fingerprint density at radius 2 is 2.00 bits per heavy atom. The highest BCUT2D eigenvalue weighted by molar-refractivity contribution is 7.94. The van der Waals surface area contributed by atoms with Gasteiger partial charge in [-0.15, -0.1) is 11.3 Å². The third kappa shape index (κ3) is 2.91. The van der Waals surface area contributed by atoms with Crippen LogP contribution in [0.2, 0.25) is 0 Å². The Balaban J connectivity index is 2.41. The van der Waals surface area contributed by atoms with Crippen molar-refractivity contribution in [3.8, 4) is 0 Å². The monoisotopic (exact) mass is 312 g/mol. The molecule has 0 saturated heterocycles. The fourth-order valence-corrected chi connectivity index (χ4v) is 4.33. The number of rotatable bonds is 4. The number of nitrogens with one attached hydrogen (secondary N) is 1. The molecule has 0 aromatic carbocycles. The number of hydrogen-bond acceptors (Lipinski definition) is 6. The van der Waals surface area contributed by atoms with Gasteiger partial charge in [-0.3, -0.25) is 4.72 Å². The lowest BCUT2D eigenvalue weighted by atomic mass is 10.4. The lowest BCUT2D eigenvalue weighted by Crippen LogP contribution is -2.18. The lowest BCUT2D eigenvalue weighted by molar-refractivity contribution is 0.602. The number of aryl methyl sites for hydroxylation is 2. The lowest BCUT2D eigenvalue weighted by Gasteiger charge is -2.16. The van der Waals surface area contributed by atoms with Crippen LogP contribution in [0.5, 0.6) is 0 Å². The Morgan fingerprint density at radius 3 is 2.55 bits per heavy atom. The summed E-state index contributed by atoms with van der Waals surface area (Å²) in [5, 5.41) is 0.724. The number of thiazole rings is 1. The molecule has 0 aliphatic heterocycles. The van der Waals surface area contributed by atoms with Crippen molar-refractivity contribution < 1.29 is 8.42 Å². The van der Waals surface area contributed by atoms with E-state index in [1.54, 1.807) is 37.1 Å². The van der Waals surface area contributed by atoms with Gasteiger partial charge in [0.15, 0.2) is 10.0 Å². The van der Waals surface area contributed by atoms with Crippen LogP contribution in [0, 0.1) is 13.8 Å². The first kappa shape index (κ1) is 14.7. The zero-order valence-corrected chi connectivity index (χ0v) is 13.3. The molecule has 1 N–H and O–H groups in total. The Kier molecular flexibility index (Phi) is 3.96. The molecule has 2 rings (SSSR count). The van der Waals surface area contributed by atoms with E-state index in [9.17, 15) is 8.42 Å². The van der Waals surface area contributed by atoms with Gasteiger partial charge in [0, 0.05) is 20.3 Å². The van der Waals surface area contributed by atoms with E-state index < -0.39 is 10.0 Å². The summed E-state index contributed by atoms with van der Waals surface area (Å²) >= 11 is 1.16. The van der Waals surface area contributed by atoms with Gasteiger partial charge in [-0.2, -0.15) is 0 Å². The molecule has 8 heteroatoms. The topological polar surface area (TPSA) is 75.2 Å². The summed E-state index contributed by atoms with van der Waals surface area (Å²) in [7, 11) is -0.0243. The Bertz CT molecular complexity index is 723. The fourth-order valence-electron chi connectivity index (χ4n) is 1.79. The molecule has 2 heterocycles. The minimum Gasteiger partial charge on any atom is -0.361 e. The molecule has 0 fully saturated rings. The molecule has 0 aliphatic carbocycles. The van der Waals surface area contributed by atoms with Crippen LogP contribution in [-0.4, -0.2) is 32.5 Å². The second-order valence-corrected chi connectivity index (χ2v) is 7.56. The molecule has 6 nitrogen and oxygen atoms in total. The third-order valence-corrected chi connectivity index (χ3v) is 5.61. The summed E-state index contributed by atoms with van der Waals surface area (Å²) in [5.74, 6) is 0.565. The van der Waals surface area contributed by atoms with Crippen molar-refractivity contribution in [2.45, 2.75) is 18.1 Å². The van der Waals surface area contributed by atoms with Crippen LogP contribution < -0.4 is 9.62 Å². The maximum Gasteiger partial charge on any atom is 0.273 e. The summed E-state index contributed by atoms with van der Waals surface area (Å²) in [5.41, 5.74) is 0.957. The summed E-state index contributed by atoms with van der Waals surface area (Å²) in [6.45, 7) is 3.47. The predicted molar refractivity (Wildman–Crippen MR) is 81.0 cm³/mol. The number of aromatic nitrogens is 2. The van der Waals surface area contributed by atoms with E-state index in [-0.39, 0.29) is 4.21 Å². The predicted octanol–water partition coefficient (Wildman–Crippen LogP) is 2.02. The van der Waals surface area contributed by atoms with Crippen LogP contribution in [0.4, 0.5) is 11.5 Å². The molecule has 20 heavy (non-hydrogen) atoms. The zero-order chi connectivity index (χ0) is 14.9. The zero-order valence-electron chi connectivity index (χ0n) is 11.7. The van der Waals surface area contributed by atoms with E-state index in [0.29, 0.717) is 17.2 Å². The normalized spacial score (nSPS) is 11.4. The summed E-state index contributed by atoms with van der Waals surface area (Å²) in [6.07, 6.45) is 1.62. The Morgan fingerprint density at radius 1 is 1.30 bits per heavy atom. The molecule has 0 aliphatic rings. The van der Waals surface area contributed by atoms with Crippen LogP contribution in [-0.2, 0) is 10.0 Å². The average molecular weight is 312 g/mol. The highest BCUT2D eigenvalue weighted by atomic mass is 32.2.